The van der Waals surface area contributed by atoms with Crippen molar-refractivity contribution in [2.75, 3.05) is 43.9 Å². The van der Waals surface area contributed by atoms with Crippen LogP contribution in [-0.2, 0) is 21.3 Å². The number of sulfonamides is 1. The number of amides is 2. The van der Waals surface area contributed by atoms with Crippen LogP contribution >= 0.6 is 0 Å². The number of hydrogen-bond acceptors (Lipinski definition) is 7. The van der Waals surface area contributed by atoms with Gasteiger partial charge >= 0.3 is 0 Å². The average Bonchev–Trinajstić information content (AvgIpc) is 2.93. The van der Waals surface area contributed by atoms with Crippen molar-refractivity contribution in [3.63, 3.8) is 0 Å². The first kappa shape index (κ1) is 32.3. The summed E-state index contributed by atoms with van der Waals surface area (Å²) in [5, 5.41) is 19.9. The lowest BCUT2D eigenvalue weighted by atomic mass is 10.0. The van der Waals surface area contributed by atoms with Crippen LogP contribution in [-0.4, -0.2) is 77.1 Å². The highest BCUT2D eigenvalue weighted by Gasteiger charge is 2.24. The van der Waals surface area contributed by atoms with Crippen LogP contribution in [0, 0.1) is 0 Å². The lowest BCUT2D eigenvalue weighted by molar-refractivity contribution is 0.0516. The number of allylic oxidation sites excluding steroid dienone is 1. The van der Waals surface area contributed by atoms with Crippen molar-refractivity contribution in [1.82, 2.24) is 16.0 Å². The Balaban J connectivity index is 1.82. The Labute approximate surface area is 243 Å². The van der Waals surface area contributed by atoms with E-state index in [9.17, 15) is 23.1 Å². The Hall–Kier alpha value is -3.25. The summed E-state index contributed by atoms with van der Waals surface area (Å²) in [5.41, 5.74) is 2.74. The molecule has 2 atom stereocenters. The number of anilines is 1. The lowest BCUT2D eigenvalue weighted by Crippen LogP contribution is -2.50. The predicted octanol–water partition coefficient (Wildman–Crippen LogP) is 2.55. The van der Waals surface area contributed by atoms with Gasteiger partial charge in [0.05, 0.1) is 37.3 Å². The molecule has 2 amide bonds. The molecule has 4 N–H and O–H groups in total. The van der Waals surface area contributed by atoms with Crippen LogP contribution in [0.3, 0.4) is 0 Å². The molecule has 1 heterocycles. The second kappa shape index (κ2) is 15.1. The molecule has 0 saturated carbocycles. The Bertz CT molecular complexity index is 1330. The van der Waals surface area contributed by atoms with E-state index in [4.69, 9.17) is 4.74 Å². The van der Waals surface area contributed by atoms with Crippen LogP contribution in [0.4, 0.5) is 5.69 Å². The lowest BCUT2D eigenvalue weighted by Gasteiger charge is -2.25. The van der Waals surface area contributed by atoms with Crippen molar-refractivity contribution in [1.29, 1.82) is 0 Å². The first-order valence-electron chi connectivity index (χ1n) is 13.8. The highest BCUT2D eigenvalue weighted by molar-refractivity contribution is 7.92. The molecule has 2 aromatic carbocycles. The summed E-state index contributed by atoms with van der Waals surface area (Å²) in [5.74, 6) is -0.574. The minimum atomic E-state index is -3.65. The molecule has 0 saturated heterocycles. The van der Waals surface area contributed by atoms with Crippen molar-refractivity contribution >= 4 is 27.5 Å². The third kappa shape index (κ3) is 9.96. The summed E-state index contributed by atoms with van der Waals surface area (Å²) in [7, 11) is -2.29. The molecular formula is C30H42N4O6S. The standard InChI is InChI=1S/C30H42N4O6S/c1-21(2)23-11-9-10-22(14-23)18-31-19-28(35)27-20-40-13-8-6-5-7-12-32-29(36)24-15-25(30(37)33-27)17-26(16-24)34(3)41(4,38)39/h6,8-11,14-17,21,27-28,31,35H,5,7,12-13,18-20H2,1-4H3,(H,32,36)(H,33,37)/b8-6+/t27-,28+/m0/s1. The number of fused-ring (bicyclic) bond motifs is 2. The number of hydrogen-bond donors (Lipinski definition) is 4. The fourth-order valence-electron chi connectivity index (χ4n) is 4.29. The van der Waals surface area contributed by atoms with Crippen molar-refractivity contribution in [3.8, 4) is 0 Å². The van der Waals surface area contributed by atoms with Gasteiger partial charge in [-0.05, 0) is 48.1 Å². The van der Waals surface area contributed by atoms with E-state index in [-0.39, 0.29) is 30.0 Å². The van der Waals surface area contributed by atoms with Gasteiger partial charge in [0, 0.05) is 37.8 Å². The first-order valence-corrected chi connectivity index (χ1v) is 15.7. The SMILES string of the molecule is CC(C)c1cccc(CNC[C@@H](O)[C@@H]2COC/C=C/CCCNC(=O)c3cc(cc(N(C)S(C)(=O)=O)c3)C(=O)N2)c1. The van der Waals surface area contributed by atoms with Crippen LogP contribution in [0.25, 0.3) is 0 Å². The van der Waals surface area contributed by atoms with E-state index in [0.717, 1.165) is 22.5 Å². The molecule has 41 heavy (non-hydrogen) atoms. The number of nitrogens with zero attached hydrogens (tertiary/aromatic N) is 1. The zero-order valence-corrected chi connectivity index (χ0v) is 25.0. The van der Waals surface area contributed by atoms with Crippen molar-refractivity contribution in [2.45, 2.75) is 51.3 Å². The third-order valence-electron chi connectivity index (χ3n) is 6.90. The van der Waals surface area contributed by atoms with Gasteiger partial charge in [0.15, 0.2) is 0 Å². The topological polar surface area (TPSA) is 137 Å². The van der Waals surface area contributed by atoms with Crippen LogP contribution in [0.5, 0.6) is 0 Å². The number of rotatable bonds is 8. The van der Waals surface area contributed by atoms with Gasteiger partial charge in [0.1, 0.15) is 0 Å². The largest absolute Gasteiger partial charge is 0.390 e. The molecular weight excluding hydrogens is 544 g/mol. The van der Waals surface area contributed by atoms with E-state index in [1.807, 2.05) is 24.3 Å². The summed E-state index contributed by atoms with van der Waals surface area (Å²) in [6, 6.07) is 11.7. The van der Waals surface area contributed by atoms with E-state index >= 15 is 0 Å². The quantitative estimate of drug-likeness (QED) is 0.349. The molecule has 224 valence electrons. The van der Waals surface area contributed by atoms with E-state index in [1.54, 1.807) is 0 Å². The summed E-state index contributed by atoms with van der Waals surface area (Å²) >= 11 is 0. The van der Waals surface area contributed by atoms with Gasteiger partial charge in [-0.1, -0.05) is 50.3 Å². The molecule has 2 bridgehead atoms. The van der Waals surface area contributed by atoms with Crippen LogP contribution < -0.4 is 20.3 Å². The van der Waals surface area contributed by atoms with Crippen molar-refractivity contribution in [2.24, 2.45) is 0 Å². The number of benzene rings is 2. The maximum Gasteiger partial charge on any atom is 0.251 e. The number of carbonyl (C=O) groups is 2. The zero-order valence-electron chi connectivity index (χ0n) is 24.2. The van der Waals surface area contributed by atoms with E-state index in [0.29, 0.717) is 32.0 Å². The van der Waals surface area contributed by atoms with Crippen LogP contribution in [0.15, 0.2) is 54.6 Å². The predicted molar refractivity (Wildman–Crippen MR) is 161 cm³/mol. The summed E-state index contributed by atoms with van der Waals surface area (Å²) in [6.45, 7) is 5.78. The molecule has 10 nitrogen and oxygen atoms in total. The number of aliphatic hydroxyl groups is 1. The summed E-state index contributed by atoms with van der Waals surface area (Å²) in [6.07, 6.45) is 5.31. The molecule has 11 heteroatoms. The van der Waals surface area contributed by atoms with Gasteiger partial charge in [-0.25, -0.2) is 8.42 Å². The number of ether oxygens (including phenoxy) is 1. The molecule has 3 rings (SSSR count). The minimum Gasteiger partial charge on any atom is -0.390 e. The minimum absolute atomic E-state index is 0.0536. The molecule has 2 aromatic rings. The molecule has 0 aliphatic carbocycles. The maximum absolute atomic E-state index is 13.4. The average molecular weight is 587 g/mol. The van der Waals surface area contributed by atoms with Crippen LogP contribution in [0.1, 0.15) is 64.4 Å². The second-order valence-corrected chi connectivity index (χ2v) is 12.6. The van der Waals surface area contributed by atoms with Crippen molar-refractivity contribution in [3.05, 3.63) is 76.9 Å². The first-order chi connectivity index (χ1) is 19.5. The van der Waals surface area contributed by atoms with Gasteiger partial charge in [-0.3, -0.25) is 13.9 Å². The smallest absolute Gasteiger partial charge is 0.251 e. The number of nitrogens with one attached hydrogen (secondary N) is 3. The molecule has 0 radical (unpaired) electrons. The molecule has 0 fully saturated rings. The van der Waals surface area contributed by atoms with Gasteiger partial charge < -0.3 is 25.8 Å². The Kier molecular flexibility index (Phi) is 11.9. The van der Waals surface area contributed by atoms with Crippen LogP contribution in [0.2, 0.25) is 0 Å². The highest BCUT2D eigenvalue weighted by atomic mass is 32.2. The molecule has 1 aliphatic heterocycles. The van der Waals surface area contributed by atoms with E-state index in [1.165, 1.54) is 30.8 Å². The molecule has 0 aromatic heterocycles. The van der Waals surface area contributed by atoms with Gasteiger partial charge in [0.25, 0.3) is 11.8 Å². The Morgan fingerprint density at radius 1 is 1.10 bits per heavy atom. The normalized spacial score (nSPS) is 18.8. The van der Waals surface area contributed by atoms with Gasteiger partial charge in [-0.2, -0.15) is 0 Å². The summed E-state index contributed by atoms with van der Waals surface area (Å²) < 4.78 is 31.2. The number of carbonyl (C=O) groups excluding carboxylic acids is 2. The fraction of sp³-hybridized carbons (Fsp3) is 0.467. The Morgan fingerprint density at radius 2 is 1.83 bits per heavy atom. The zero-order chi connectivity index (χ0) is 30.0. The van der Waals surface area contributed by atoms with E-state index in [2.05, 4.69) is 41.9 Å². The molecule has 0 spiro atoms. The highest BCUT2D eigenvalue weighted by Crippen LogP contribution is 2.21. The second-order valence-electron chi connectivity index (χ2n) is 10.6. The maximum atomic E-state index is 13.4. The van der Waals surface area contributed by atoms with E-state index < -0.39 is 34.0 Å². The molecule has 1 aliphatic rings. The molecule has 0 unspecified atom stereocenters. The van der Waals surface area contributed by atoms with Gasteiger partial charge in [0.2, 0.25) is 10.0 Å². The monoisotopic (exact) mass is 586 g/mol. The summed E-state index contributed by atoms with van der Waals surface area (Å²) in [4.78, 5) is 26.3. The van der Waals surface area contributed by atoms with Gasteiger partial charge in [-0.15, -0.1) is 0 Å². The Morgan fingerprint density at radius 3 is 2.54 bits per heavy atom. The van der Waals surface area contributed by atoms with Crippen molar-refractivity contribution < 1.29 is 27.9 Å². The fourth-order valence-corrected chi connectivity index (χ4v) is 4.78. The third-order valence-corrected chi connectivity index (χ3v) is 8.10. The number of aliphatic hydroxyl groups excluding tert-OH is 1.